The standard InChI is InChI=1S/C27H27F4N3O3/c1-32-26(35)25(18-5-8-20(28)9-6-18)34-21(10-3-17-4-12-24(33-16-17)27(29,30)31)19-7-11-22-23(15-19)37-14-2-13-36-22/h4-9,11-12,15-16,21,25,34H,2-3,10,13-14H2,1H3,(H,32,35)/t21-,25?/m0/s1. The zero-order valence-corrected chi connectivity index (χ0v) is 20.1. The van der Waals surface area contributed by atoms with Gasteiger partial charge in [0, 0.05) is 25.7 Å². The molecule has 1 aromatic heterocycles. The molecule has 2 atom stereocenters. The summed E-state index contributed by atoms with van der Waals surface area (Å²) >= 11 is 0. The summed E-state index contributed by atoms with van der Waals surface area (Å²) in [7, 11) is 1.51. The van der Waals surface area contributed by atoms with Gasteiger partial charge in [-0.15, -0.1) is 0 Å². The van der Waals surface area contributed by atoms with Crippen molar-refractivity contribution in [3.63, 3.8) is 0 Å². The van der Waals surface area contributed by atoms with E-state index in [-0.39, 0.29) is 5.91 Å². The molecule has 1 amide bonds. The maximum absolute atomic E-state index is 13.5. The summed E-state index contributed by atoms with van der Waals surface area (Å²) in [5.41, 5.74) is 1.04. The average molecular weight is 518 g/mol. The lowest BCUT2D eigenvalue weighted by Gasteiger charge is -2.26. The number of carbonyl (C=O) groups excluding carboxylic acids is 1. The maximum Gasteiger partial charge on any atom is 0.433 e. The second-order valence-electron chi connectivity index (χ2n) is 8.66. The van der Waals surface area contributed by atoms with Crippen molar-refractivity contribution in [2.75, 3.05) is 20.3 Å². The van der Waals surface area contributed by atoms with Crippen LogP contribution in [0.25, 0.3) is 0 Å². The minimum atomic E-state index is -4.51. The van der Waals surface area contributed by atoms with Gasteiger partial charge in [0.25, 0.3) is 0 Å². The van der Waals surface area contributed by atoms with Crippen LogP contribution in [0.5, 0.6) is 11.5 Å². The van der Waals surface area contributed by atoms with Crippen LogP contribution in [-0.2, 0) is 17.4 Å². The highest BCUT2D eigenvalue weighted by Crippen LogP contribution is 2.35. The highest BCUT2D eigenvalue weighted by Gasteiger charge is 2.32. The third-order valence-electron chi connectivity index (χ3n) is 6.09. The van der Waals surface area contributed by atoms with Crippen LogP contribution in [0.1, 0.15) is 47.3 Å². The first-order valence-corrected chi connectivity index (χ1v) is 11.9. The first kappa shape index (κ1) is 26.4. The Bertz CT molecular complexity index is 1200. The van der Waals surface area contributed by atoms with Gasteiger partial charge in [-0.25, -0.2) is 4.39 Å². The van der Waals surface area contributed by atoms with E-state index in [0.29, 0.717) is 48.7 Å². The molecule has 0 fully saturated rings. The van der Waals surface area contributed by atoms with Gasteiger partial charge in [0.15, 0.2) is 11.5 Å². The van der Waals surface area contributed by atoms with Crippen molar-refractivity contribution in [2.45, 2.75) is 37.5 Å². The molecule has 0 radical (unpaired) electrons. The normalized spacial score (nSPS) is 14.9. The minimum absolute atomic E-state index is 0.317. The van der Waals surface area contributed by atoms with Gasteiger partial charge >= 0.3 is 6.18 Å². The third kappa shape index (κ3) is 6.76. The quantitative estimate of drug-likeness (QED) is 0.405. The number of nitrogens with zero attached hydrogens (tertiary/aromatic N) is 1. The molecule has 6 nitrogen and oxygen atoms in total. The van der Waals surface area contributed by atoms with E-state index in [0.717, 1.165) is 18.1 Å². The van der Waals surface area contributed by atoms with Crippen LogP contribution in [0.15, 0.2) is 60.8 Å². The Hall–Kier alpha value is -3.66. The predicted molar refractivity (Wildman–Crippen MR) is 129 cm³/mol. The summed E-state index contributed by atoms with van der Waals surface area (Å²) in [4.78, 5) is 16.4. The van der Waals surface area contributed by atoms with E-state index >= 15 is 0 Å². The van der Waals surface area contributed by atoms with Gasteiger partial charge in [-0.3, -0.25) is 15.1 Å². The Labute approximate surface area is 212 Å². The van der Waals surface area contributed by atoms with Gasteiger partial charge in [0.2, 0.25) is 5.91 Å². The van der Waals surface area contributed by atoms with E-state index in [1.165, 1.54) is 43.6 Å². The summed E-state index contributed by atoms with van der Waals surface area (Å²) in [6.45, 7) is 1.04. The monoisotopic (exact) mass is 517 g/mol. The van der Waals surface area contributed by atoms with E-state index in [9.17, 15) is 22.4 Å². The lowest BCUT2D eigenvalue weighted by atomic mass is 9.96. The van der Waals surface area contributed by atoms with Crippen molar-refractivity contribution in [3.8, 4) is 11.5 Å². The molecule has 2 aromatic carbocycles. The number of hydrogen-bond donors (Lipinski definition) is 2. The van der Waals surface area contributed by atoms with Crippen molar-refractivity contribution in [2.24, 2.45) is 0 Å². The number of benzene rings is 2. The first-order valence-electron chi connectivity index (χ1n) is 11.9. The molecule has 196 valence electrons. The third-order valence-corrected chi connectivity index (χ3v) is 6.09. The summed E-state index contributed by atoms with van der Waals surface area (Å²) in [5, 5.41) is 5.98. The molecular weight excluding hydrogens is 490 g/mol. The number of amides is 1. The number of rotatable bonds is 8. The highest BCUT2D eigenvalue weighted by atomic mass is 19.4. The lowest BCUT2D eigenvalue weighted by molar-refractivity contribution is -0.141. The second kappa shape index (κ2) is 11.6. The first-order chi connectivity index (χ1) is 17.7. The average Bonchev–Trinajstić information content (AvgIpc) is 3.14. The van der Waals surface area contributed by atoms with Gasteiger partial charge in [0.05, 0.1) is 13.2 Å². The summed E-state index contributed by atoms with van der Waals surface area (Å²) in [6, 6.07) is 12.3. The zero-order valence-electron chi connectivity index (χ0n) is 20.1. The SMILES string of the molecule is CNC(=O)C(N[C@@H](CCc1ccc(C(F)(F)F)nc1)c1ccc2c(c1)OCCCO2)c1ccc(F)cc1. The zero-order chi connectivity index (χ0) is 26.4. The van der Waals surface area contributed by atoms with Gasteiger partial charge < -0.3 is 14.8 Å². The lowest BCUT2D eigenvalue weighted by Crippen LogP contribution is -2.38. The van der Waals surface area contributed by atoms with Crippen LogP contribution < -0.4 is 20.1 Å². The Morgan fingerprint density at radius 2 is 1.70 bits per heavy atom. The maximum atomic E-state index is 13.5. The Balaban J connectivity index is 1.62. The van der Waals surface area contributed by atoms with Crippen molar-refractivity contribution in [1.29, 1.82) is 0 Å². The van der Waals surface area contributed by atoms with Crippen molar-refractivity contribution in [1.82, 2.24) is 15.6 Å². The Kier molecular flexibility index (Phi) is 8.27. The number of likely N-dealkylation sites (N-methyl/N-ethyl adjacent to an activating group) is 1. The molecule has 37 heavy (non-hydrogen) atoms. The van der Waals surface area contributed by atoms with Crippen molar-refractivity contribution >= 4 is 5.91 Å². The van der Waals surface area contributed by atoms with E-state index in [1.807, 2.05) is 12.1 Å². The van der Waals surface area contributed by atoms with Gasteiger partial charge in [-0.2, -0.15) is 13.2 Å². The van der Waals surface area contributed by atoms with Crippen LogP contribution in [-0.4, -0.2) is 31.2 Å². The van der Waals surface area contributed by atoms with Crippen molar-refractivity contribution in [3.05, 3.63) is 89.0 Å². The van der Waals surface area contributed by atoms with E-state index in [4.69, 9.17) is 9.47 Å². The molecule has 0 spiro atoms. The van der Waals surface area contributed by atoms with Crippen LogP contribution in [0.4, 0.5) is 17.6 Å². The molecule has 0 bridgehead atoms. The van der Waals surface area contributed by atoms with Crippen molar-refractivity contribution < 1.29 is 31.8 Å². The molecule has 3 aromatic rings. The molecule has 1 aliphatic rings. The number of pyridine rings is 1. The number of carbonyl (C=O) groups is 1. The summed E-state index contributed by atoms with van der Waals surface area (Å²) < 4.78 is 63.8. The number of aromatic nitrogens is 1. The molecule has 2 heterocycles. The van der Waals surface area contributed by atoms with E-state index < -0.39 is 29.8 Å². The fourth-order valence-electron chi connectivity index (χ4n) is 4.12. The highest BCUT2D eigenvalue weighted by molar-refractivity contribution is 5.83. The number of nitrogens with one attached hydrogen (secondary N) is 2. The van der Waals surface area contributed by atoms with Crippen LogP contribution >= 0.6 is 0 Å². The molecule has 2 N–H and O–H groups in total. The second-order valence-corrected chi connectivity index (χ2v) is 8.66. The van der Waals surface area contributed by atoms with Gasteiger partial charge in [-0.05, 0) is 59.9 Å². The number of hydrogen-bond acceptors (Lipinski definition) is 5. The predicted octanol–water partition coefficient (Wildman–Crippen LogP) is 5.15. The number of ether oxygens (including phenoxy) is 2. The molecular formula is C27H27F4N3O3. The van der Waals surface area contributed by atoms with E-state index in [2.05, 4.69) is 15.6 Å². The minimum Gasteiger partial charge on any atom is -0.490 e. The molecule has 0 aliphatic carbocycles. The number of alkyl halides is 3. The summed E-state index contributed by atoms with van der Waals surface area (Å²) in [6.07, 6.45) is -1.73. The molecule has 0 saturated carbocycles. The number of fused-ring (bicyclic) bond motifs is 1. The van der Waals surface area contributed by atoms with E-state index in [1.54, 1.807) is 6.07 Å². The molecule has 1 unspecified atom stereocenters. The molecule has 0 saturated heterocycles. The van der Waals surface area contributed by atoms with Crippen LogP contribution in [0, 0.1) is 5.82 Å². The van der Waals surface area contributed by atoms with Crippen LogP contribution in [0.3, 0.4) is 0 Å². The number of aryl methyl sites for hydroxylation is 1. The smallest absolute Gasteiger partial charge is 0.433 e. The molecule has 4 rings (SSSR count). The Morgan fingerprint density at radius 3 is 2.35 bits per heavy atom. The fourth-order valence-corrected chi connectivity index (χ4v) is 4.12. The largest absolute Gasteiger partial charge is 0.490 e. The molecule has 10 heteroatoms. The topological polar surface area (TPSA) is 72.5 Å². The Morgan fingerprint density at radius 1 is 1.00 bits per heavy atom. The van der Waals surface area contributed by atoms with Gasteiger partial charge in [-0.1, -0.05) is 24.3 Å². The number of halogens is 4. The van der Waals surface area contributed by atoms with Crippen LogP contribution in [0.2, 0.25) is 0 Å². The molecule has 1 aliphatic heterocycles. The fraction of sp³-hybridized carbons (Fsp3) is 0.333. The van der Waals surface area contributed by atoms with Gasteiger partial charge in [0.1, 0.15) is 17.6 Å². The summed E-state index contributed by atoms with van der Waals surface area (Å²) in [5.74, 6) is 0.459.